The predicted octanol–water partition coefficient (Wildman–Crippen LogP) is 13.6. The zero-order valence-corrected chi connectivity index (χ0v) is 29.4. The van der Waals surface area contributed by atoms with Crippen LogP contribution in [-0.4, -0.2) is 15.0 Å². The van der Waals surface area contributed by atoms with E-state index in [4.69, 9.17) is 15.0 Å². The summed E-state index contributed by atoms with van der Waals surface area (Å²) >= 11 is 3.65. The zero-order chi connectivity index (χ0) is 34.2. The van der Waals surface area contributed by atoms with Gasteiger partial charge in [0.15, 0.2) is 5.82 Å². The molecular formula is C47H27N3S2. The molecule has 3 nitrogen and oxygen atoms in total. The minimum Gasteiger partial charge on any atom is -0.246 e. The molecule has 11 rings (SSSR count). The number of aromatic nitrogens is 3. The zero-order valence-electron chi connectivity index (χ0n) is 27.7. The van der Waals surface area contributed by atoms with Crippen LogP contribution in [0.4, 0.5) is 0 Å². The molecular weight excluding hydrogens is 671 g/mol. The van der Waals surface area contributed by atoms with Crippen molar-refractivity contribution in [3.8, 4) is 45.2 Å². The van der Waals surface area contributed by atoms with Gasteiger partial charge in [-0.1, -0.05) is 140 Å². The number of thiophene rings is 2. The van der Waals surface area contributed by atoms with Crippen LogP contribution in [0.15, 0.2) is 164 Å². The molecule has 5 heteroatoms. The minimum atomic E-state index is 0.711. The van der Waals surface area contributed by atoms with Crippen molar-refractivity contribution < 1.29 is 0 Å². The second-order valence-electron chi connectivity index (χ2n) is 13.1. The lowest BCUT2D eigenvalue weighted by molar-refractivity contribution is 1.19. The summed E-state index contributed by atoms with van der Waals surface area (Å²) in [5.74, 6) is 0.711. The summed E-state index contributed by atoms with van der Waals surface area (Å²) in [5.41, 5.74) is 8.12. The number of pyridine rings is 1. The van der Waals surface area contributed by atoms with E-state index in [0.717, 1.165) is 55.6 Å². The first kappa shape index (κ1) is 29.5. The second kappa shape index (κ2) is 11.6. The van der Waals surface area contributed by atoms with Crippen LogP contribution >= 0.6 is 22.7 Å². The Morgan fingerprint density at radius 2 is 0.942 bits per heavy atom. The maximum atomic E-state index is 5.36. The van der Waals surface area contributed by atoms with Gasteiger partial charge >= 0.3 is 0 Å². The largest absolute Gasteiger partial charge is 0.246 e. The van der Waals surface area contributed by atoms with Gasteiger partial charge in [-0.2, -0.15) is 0 Å². The molecule has 0 unspecified atom stereocenters. The van der Waals surface area contributed by atoms with Gasteiger partial charge in [0.1, 0.15) is 0 Å². The number of nitrogens with zero attached hydrogens (tertiary/aromatic N) is 3. The van der Waals surface area contributed by atoms with Crippen LogP contribution in [-0.2, 0) is 0 Å². The molecule has 7 aromatic carbocycles. The lowest BCUT2D eigenvalue weighted by Gasteiger charge is -2.15. The Kier molecular flexibility index (Phi) is 6.59. The highest BCUT2D eigenvalue weighted by Gasteiger charge is 2.20. The monoisotopic (exact) mass is 697 g/mol. The van der Waals surface area contributed by atoms with Crippen LogP contribution in [0.1, 0.15) is 0 Å². The van der Waals surface area contributed by atoms with E-state index in [9.17, 15) is 0 Å². The molecule has 0 fully saturated rings. The molecule has 4 aromatic heterocycles. The van der Waals surface area contributed by atoms with Gasteiger partial charge in [0.2, 0.25) is 0 Å². The molecule has 11 aromatic rings. The molecule has 0 saturated heterocycles. The molecule has 0 amide bonds. The van der Waals surface area contributed by atoms with E-state index in [2.05, 4.69) is 146 Å². The second-order valence-corrected chi connectivity index (χ2v) is 15.2. The first-order valence-electron chi connectivity index (χ1n) is 17.4. The normalized spacial score (nSPS) is 11.8. The predicted molar refractivity (Wildman–Crippen MR) is 222 cm³/mol. The third-order valence-corrected chi connectivity index (χ3v) is 12.5. The molecule has 0 bridgehead atoms. The molecule has 0 aliphatic rings. The minimum absolute atomic E-state index is 0.711. The van der Waals surface area contributed by atoms with Gasteiger partial charge in [-0.25, -0.2) is 15.0 Å². The van der Waals surface area contributed by atoms with Crippen molar-refractivity contribution in [3.63, 3.8) is 0 Å². The van der Waals surface area contributed by atoms with E-state index in [-0.39, 0.29) is 0 Å². The van der Waals surface area contributed by atoms with Crippen molar-refractivity contribution in [2.75, 3.05) is 0 Å². The third-order valence-electron chi connectivity index (χ3n) is 10.1. The number of hydrogen-bond acceptors (Lipinski definition) is 5. The molecule has 0 spiro atoms. The summed E-state index contributed by atoms with van der Waals surface area (Å²) in [5, 5.41) is 8.55. The topological polar surface area (TPSA) is 38.7 Å². The Morgan fingerprint density at radius 3 is 1.75 bits per heavy atom. The summed E-state index contributed by atoms with van der Waals surface area (Å²) in [7, 11) is 0. The summed E-state index contributed by atoms with van der Waals surface area (Å²) in [4.78, 5) is 15.9. The Labute approximate surface area is 307 Å². The Hall–Kier alpha value is -6.27. The molecule has 0 N–H and O–H groups in total. The summed E-state index contributed by atoms with van der Waals surface area (Å²) < 4.78 is 5.00. The summed E-state index contributed by atoms with van der Waals surface area (Å²) in [6.45, 7) is 0. The van der Waals surface area contributed by atoms with E-state index >= 15 is 0 Å². The van der Waals surface area contributed by atoms with Crippen LogP contribution in [0.3, 0.4) is 0 Å². The Balaban J connectivity index is 1.17. The van der Waals surface area contributed by atoms with E-state index in [1.165, 1.54) is 45.7 Å². The highest BCUT2D eigenvalue weighted by Crippen LogP contribution is 2.46. The summed E-state index contributed by atoms with van der Waals surface area (Å²) in [6.07, 6.45) is 0. The fourth-order valence-electron chi connectivity index (χ4n) is 7.73. The highest BCUT2D eigenvalue weighted by molar-refractivity contribution is 7.26. The number of rotatable bonds is 4. The SMILES string of the molecule is c1ccc(-c2nc(-c3ccc(-c4nc5ccccc5c5c4sc4ccccc45)c4ccccc34)cc(-c3cccc4c3sc3ccccc34)n2)cc1. The number of para-hydroxylation sites is 1. The average molecular weight is 698 g/mol. The van der Waals surface area contributed by atoms with Gasteiger partial charge in [-0.3, -0.25) is 0 Å². The lowest BCUT2D eigenvalue weighted by Crippen LogP contribution is -1.97. The van der Waals surface area contributed by atoms with E-state index < -0.39 is 0 Å². The van der Waals surface area contributed by atoms with Crippen LogP contribution in [0.25, 0.3) is 107 Å². The van der Waals surface area contributed by atoms with Crippen LogP contribution in [0, 0.1) is 0 Å². The van der Waals surface area contributed by atoms with Gasteiger partial charge in [0.05, 0.1) is 27.3 Å². The van der Waals surface area contributed by atoms with Crippen LogP contribution in [0.2, 0.25) is 0 Å². The highest BCUT2D eigenvalue weighted by atomic mass is 32.1. The van der Waals surface area contributed by atoms with Gasteiger partial charge < -0.3 is 0 Å². The first-order valence-corrected chi connectivity index (χ1v) is 19.0. The maximum Gasteiger partial charge on any atom is 0.160 e. The Bertz CT molecular complexity index is 3190. The van der Waals surface area contributed by atoms with Crippen molar-refractivity contribution >= 4 is 84.7 Å². The van der Waals surface area contributed by atoms with Crippen molar-refractivity contribution in [2.24, 2.45) is 0 Å². The van der Waals surface area contributed by atoms with Gasteiger partial charge in [-0.15, -0.1) is 22.7 Å². The van der Waals surface area contributed by atoms with Crippen molar-refractivity contribution in [3.05, 3.63) is 164 Å². The fraction of sp³-hybridized carbons (Fsp3) is 0. The van der Waals surface area contributed by atoms with Gasteiger partial charge in [0, 0.05) is 63.3 Å². The van der Waals surface area contributed by atoms with Gasteiger partial charge in [-0.05, 0) is 35.0 Å². The van der Waals surface area contributed by atoms with Crippen molar-refractivity contribution in [1.29, 1.82) is 0 Å². The van der Waals surface area contributed by atoms with E-state index in [1.807, 2.05) is 40.9 Å². The van der Waals surface area contributed by atoms with Crippen LogP contribution in [0.5, 0.6) is 0 Å². The number of benzene rings is 7. The molecule has 4 heterocycles. The molecule has 0 saturated carbocycles. The third kappa shape index (κ3) is 4.53. The average Bonchev–Trinajstić information content (AvgIpc) is 3.80. The van der Waals surface area contributed by atoms with Crippen molar-refractivity contribution in [1.82, 2.24) is 15.0 Å². The molecule has 242 valence electrons. The van der Waals surface area contributed by atoms with Gasteiger partial charge in [0.25, 0.3) is 0 Å². The quantitative estimate of drug-likeness (QED) is 0.184. The van der Waals surface area contributed by atoms with E-state index in [1.54, 1.807) is 0 Å². The molecule has 0 atom stereocenters. The van der Waals surface area contributed by atoms with E-state index in [0.29, 0.717) is 5.82 Å². The summed E-state index contributed by atoms with van der Waals surface area (Å²) in [6, 6.07) is 58.1. The lowest BCUT2D eigenvalue weighted by atomic mass is 9.94. The van der Waals surface area contributed by atoms with Crippen LogP contribution < -0.4 is 0 Å². The smallest absolute Gasteiger partial charge is 0.160 e. The molecule has 0 aliphatic carbocycles. The molecule has 0 aliphatic heterocycles. The molecule has 0 radical (unpaired) electrons. The number of fused-ring (bicyclic) bond motifs is 9. The Morgan fingerprint density at radius 1 is 0.365 bits per heavy atom. The molecule has 52 heavy (non-hydrogen) atoms. The fourth-order valence-corrected chi connectivity index (χ4v) is 10.2. The first-order chi connectivity index (χ1) is 25.8. The van der Waals surface area contributed by atoms with Crippen molar-refractivity contribution in [2.45, 2.75) is 0 Å². The number of hydrogen-bond donors (Lipinski definition) is 0. The maximum absolute atomic E-state index is 5.36. The standard InChI is InChI=1S/C47H27N3S2/c1-2-13-28(14-3-1)47-49-39(27-40(50-47)36-21-12-20-34-32-17-7-10-23-41(32)51-45(34)36)31-25-26-33(30-16-5-4-15-29(30)31)44-46-43(35-18-6-9-22-38(35)48-44)37-19-8-11-24-42(37)52-46/h1-27H.